The second-order valence-electron chi connectivity index (χ2n) is 13.0. The molecule has 2 N–H and O–H groups in total. The first-order chi connectivity index (χ1) is 22.2. The summed E-state index contributed by atoms with van der Waals surface area (Å²) in [5.41, 5.74) is 1.50. The summed E-state index contributed by atoms with van der Waals surface area (Å²) in [5, 5.41) is 15.6. The summed E-state index contributed by atoms with van der Waals surface area (Å²) in [4.78, 5) is 17.9. The van der Waals surface area contributed by atoms with Gasteiger partial charge in [0.05, 0.1) is 34.2 Å². The number of rotatable bonds is 14. The molecule has 0 spiro atoms. The van der Waals surface area contributed by atoms with Crippen LogP contribution in [0, 0.1) is 17.8 Å². The monoisotopic (exact) mass is 695 g/mol. The number of esters is 1. The number of sulfonamides is 1. The molecule has 0 saturated carbocycles. The molecule has 3 aromatic rings. The molecule has 5 rings (SSSR count). The van der Waals surface area contributed by atoms with Crippen LogP contribution in [-0.2, 0) is 35.4 Å². The summed E-state index contributed by atoms with van der Waals surface area (Å²) < 4.78 is 75.3. The fourth-order valence-corrected chi connectivity index (χ4v) is 8.83. The quantitative estimate of drug-likeness (QED) is 0.216. The number of alkyl halides is 2. The van der Waals surface area contributed by atoms with Gasteiger partial charge in [-0.3, -0.25) is 4.79 Å². The number of aliphatic hydroxyl groups is 1. The minimum Gasteiger partial charge on any atom is -0.462 e. The largest absolute Gasteiger partial charge is 0.462 e. The summed E-state index contributed by atoms with van der Waals surface area (Å²) >= 11 is 1.36. The van der Waals surface area contributed by atoms with Gasteiger partial charge in [-0.25, -0.2) is 22.2 Å². The lowest BCUT2D eigenvalue weighted by molar-refractivity contribution is -0.208. The lowest BCUT2D eigenvalue weighted by Gasteiger charge is -2.35. The highest BCUT2D eigenvalue weighted by Crippen LogP contribution is 2.43. The Hall–Kier alpha value is -2.75. The number of thiazole rings is 1. The summed E-state index contributed by atoms with van der Waals surface area (Å²) in [6.45, 7) is 6.90. The van der Waals surface area contributed by atoms with E-state index in [1.807, 2.05) is 58.0 Å². The Labute approximate surface area is 278 Å². The molecule has 258 valence electrons. The molecular weight excluding hydrogens is 653 g/mol. The van der Waals surface area contributed by atoms with Crippen LogP contribution in [-0.4, -0.2) is 85.5 Å². The average molecular weight is 696 g/mol. The predicted molar refractivity (Wildman–Crippen MR) is 175 cm³/mol. The van der Waals surface area contributed by atoms with Crippen molar-refractivity contribution in [3.63, 3.8) is 0 Å². The molecule has 1 aromatic heterocycles. The first-order valence-electron chi connectivity index (χ1n) is 15.9. The molecular formula is C33H43F2N3O7S2. The van der Waals surface area contributed by atoms with Crippen molar-refractivity contribution in [2.45, 2.75) is 82.3 Å². The molecule has 14 heteroatoms. The van der Waals surface area contributed by atoms with Crippen molar-refractivity contribution in [2.24, 2.45) is 17.8 Å². The van der Waals surface area contributed by atoms with Gasteiger partial charge < -0.3 is 24.6 Å². The Morgan fingerprint density at radius 3 is 2.60 bits per heavy atom. The number of hydrogen-bond acceptors (Lipinski definition) is 10. The van der Waals surface area contributed by atoms with Crippen LogP contribution in [0.1, 0.15) is 46.1 Å². The number of carbonyl (C=O) groups is 1. The van der Waals surface area contributed by atoms with Gasteiger partial charge in [0.15, 0.2) is 11.4 Å². The van der Waals surface area contributed by atoms with Crippen LogP contribution in [0.4, 0.5) is 13.9 Å². The number of benzene rings is 2. The molecule has 2 aliphatic rings. The van der Waals surface area contributed by atoms with E-state index >= 15 is 0 Å². The van der Waals surface area contributed by atoms with Gasteiger partial charge in [0.1, 0.15) is 18.6 Å². The van der Waals surface area contributed by atoms with Gasteiger partial charge in [0.25, 0.3) is 5.92 Å². The normalized spacial score (nSPS) is 22.5. The second kappa shape index (κ2) is 14.8. The lowest BCUT2D eigenvalue weighted by atomic mass is 9.90. The Bertz CT molecular complexity index is 1620. The molecule has 0 amide bonds. The molecule has 10 nitrogen and oxygen atoms in total. The number of fused-ring (bicyclic) bond motifs is 2. The summed E-state index contributed by atoms with van der Waals surface area (Å²) in [5.74, 6) is -6.21. The number of nitrogens with one attached hydrogen (secondary N) is 1. The van der Waals surface area contributed by atoms with Crippen LogP contribution in [0.5, 0.6) is 0 Å². The van der Waals surface area contributed by atoms with Crippen molar-refractivity contribution in [2.75, 3.05) is 31.6 Å². The second-order valence-corrected chi connectivity index (χ2v) is 16.0. The maximum Gasteiger partial charge on any atom is 0.306 e. The zero-order valence-electron chi connectivity index (χ0n) is 27.0. The van der Waals surface area contributed by atoms with E-state index in [4.69, 9.17) is 14.2 Å². The fraction of sp³-hybridized carbons (Fsp3) is 0.576. The van der Waals surface area contributed by atoms with E-state index < -0.39 is 58.9 Å². The molecule has 47 heavy (non-hydrogen) atoms. The van der Waals surface area contributed by atoms with Crippen LogP contribution < -0.4 is 5.32 Å². The summed E-state index contributed by atoms with van der Waals surface area (Å²) in [7, 11) is -4.07. The van der Waals surface area contributed by atoms with Crippen LogP contribution in [0.2, 0.25) is 0 Å². The van der Waals surface area contributed by atoms with Crippen molar-refractivity contribution < 1.29 is 41.3 Å². The molecule has 5 atom stereocenters. The third kappa shape index (κ3) is 8.65. The SMILES string of the molecule is CC(C)CN(C[C@@H](O)[C@@H](CC(=O)O[C@H]1CCO[C@H]2OCC(F)(F)[C@H]21)Cc1ccccc1)S(=O)(=O)c1ccc2nc(NC(C)C)sc2c1. The average Bonchev–Trinajstić information content (AvgIpc) is 3.55. The number of aliphatic hydroxyl groups excluding tert-OH is 1. The smallest absolute Gasteiger partial charge is 0.306 e. The maximum atomic E-state index is 14.6. The van der Waals surface area contributed by atoms with Crippen LogP contribution in [0.15, 0.2) is 53.4 Å². The van der Waals surface area contributed by atoms with E-state index in [0.717, 1.165) is 5.56 Å². The molecule has 0 radical (unpaired) electrons. The standard InChI is InChI=1S/C33H43F2N3O7S2/c1-20(2)17-38(47(41,42)24-10-11-25-28(16-24)46-32(37-25)36-21(3)4)18-26(39)23(14-22-8-6-5-7-9-22)15-29(40)45-27-12-13-43-31-30(27)33(34,35)19-44-31/h5-11,16,20-21,23,26-27,30-31,39H,12-15,17-19H2,1-4H3,(H,36,37)/t23-,26-,27+,30+,31+/m1/s1. The number of anilines is 1. The Balaban J connectivity index is 1.36. The summed E-state index contributed by atoms with van der Waals surface area (Å²) in [6, 6.07) is 14.1. The number of carbonyl (C=O) groups excluding carboxylic acids is 1. The first-order valence-corrected chi connectivity index (χ1v) is 18.2. The van der Waals surface area contributed by atoms with Gasteiger partial charge in [-0.1, -0.05) is 55.5 Å². The highest BCUT2D eigenvalue weighted by atomic mass is 32.2. The topological polar surface area (TPSA) is 127 Å². The van der Waals surface area contributed by atoms with E-state index in [2.05, 4.69) is 10.3 Å². The summed E-state index contributed by atoms with van der Waals surface area (Å²) in [6.07, 6.45) is -3.50. The van der Waals surface area contributed by atoms with Crippen molar-refractivity contribution in [1.82, 2.24) is 9.29 Å². The lowest BCUT2D eigenvalue weighted by Crippen LogP contribution is -2.47. The van der Waals surface area contributed by atoms with E-state index in [1.54, 1.807) is 12.1 Å². The number of nitrogens with zero attached hydrogens (tertiary/aromatic N) is 2. The minimum absolute atomic E-state index is 0.0692. The Morgan fingerprint density at radius 1 is 1.15 bits per heavy atom. The van der Waals surface area contributed by atoms with Gasteiger partial charge in [0, 0.05) is 31.5 Å². The van der Waals surface area contributed by atoms with Crippen LogP contribution >= 0.6 is 11.3 Å². The van der Waals surface area contributed by atoms with E-state index in [-0.39, 0.29) is 55.8 Å². The van der Waals surface area contributed by atoms with Gasteiger partial charge >= 0.3 is 5.97 Å². The number of ether oxygens (including phenoxy) is 3. The van der Waals surface area contributed by atoms with Crippen LogP contribution in [0.3, 0.4) is 0 Å². The van der Waals surface area contributed by atoms with Crippen molar-refractivity contribution in [3.05, 3.63) is 54.1 Å². The molecule has 0 unspecified atom stereocenters. The third-order valence-electron chi connectivity index (χ3n) is 8.27. The number of hydrogen-bond donors (Lipinski definition) is 2. The molecule has 0 bridgehead atoms. The number of halogens is 2. The zero-order valence-corrected chi connectivity index (χ0v) is 28.6. The first kappa shape index (κ1) is 35.6. The van der Waals surface area contributed by atoms with Gasteiger partial charge in [-0.15, -0.1) is 0 Å². The van der Waals surface area contributed by atoms with E-state index in [0.29, 0.717) is 15.3 Å². The van der Waals surface area contributed by atoms with Crippen molar-refractivity contribution >= 4 is 42.7 Å². The Morgan fingerprint density at radius 2 is 1.89 bits per heavy atom. The van der Waals surface area contributed by atoms with Gasteiger partial charge in [-0.2, -0.15) is 4.31 Å². The van der Waals surface area contributed by atoms with Crippen LogP contribution in [0.25, 0.3) is 10.2 Å². The molecule has 0 aliphatic carbocycles. The third-order valence-corrected chi connectivity index (χ3v) is 11.0. The predicted octanol–water partition coefficient (Wildman–Crippen LogP) is 5.31. The minimum atomic E-state index is -4.07. The molecule has 2 aromatic carbocycles. The van der Waals surface area contributed by atoms with E-state index in [1.165, 1.54) is 21.7 Å². The highest BCUT2D eigenvalue weighted by molar-refractivity contribution is 7.89. The molecule has 2 saturated heterocycles. The van der Waals surface area contributed by atoms with E-state index in [9.17, 15) is 27.1 Å². The zero-order chi connectivity index (χ0) is 33.9. The van der Waals surface area contributed by atoms with Crippen molar-refractivity contribution in [3.8, 4) is 0 Å². The number of aromatic nitrogens is 1. The molecule has 2 aliphatic heterocycles. The maximum absolute atomic E-state index is 14.6. The van der Waals surface area contributed by atoms with Gasteiger partial charge in [-0.05, 0) is 49.9 Å². The Kier molecular flexibility index (Phi) is 11.2. The molecule has 3 heterocycles. The van der Waals surface area contributed by atoms with Gasteiger partial charge in [0.2, 0.25) is 10.0 Å². The fourth-order valence-electron chi connectivity index (χ4n) is 6.05. The molecule has 2 fully saturated rings. The highest BCUT2D eigenvalue weighted by Gasteiger charge is 2.58. The van der Waals surface area contributed by atoms with Crippen molar-refractivity contribution in [1.29, 1.82) is 0 Å².